The zero-order chi connectivity index (χ0) is 15.4. The van der Waals surface area contributed by atoms with Crippen molar-refractivity contribution in [3.05, 3.63) is 35.4 Å². The fraction of sp³-hybridized carbons (Fsp3) is 0.500. The quantitative estimate of drug-likeness (QED) is 0.821. The van der Waals surface area contributed by atoms with E-state index in [1.165, 1.54) is 16.0 Å². The number of aryl methyl sites for hydroxylation is 1. The standard InChI is InChI=1S/C16H23N3O2/c1-4-17-14(13-8-6-5-7-12(13)2)11-19-10-9-18(3)15(20)16(19)21/h5-8,14,17H,4,9-11H2,1-3H3. The minimum Gasteiger partial charge on any atom is -0.336 e. The Morgan fingerprint density at radius 2 is 1.90 bits per heavy atom. The van der Waals surface area contributed by atoms with Gasteiger partial charge in [-0.3, -0.25) is 9.59 Å². The van der Waals surface area contributed by atoms with Crippen LogP contribution in [0.25, 0.3) is 0 Å². The van der Waals surface area contributed by atoms with Crippen LogP contribution in [0.1, 0.15) is 24.1 Å². The van der Waals surface area contributed by atoms with Gasteiger partial charge in [0.2, 0.25) is 0 Å². The lowest BCUT2D eigenvalue weighted by Crippen LogP contribution is -2.54. The van der Waals surface area contributed by atoms with Gasteiger partial charge in [0.15, 0.2) is 0 Å². The Morgan fingerprint density at radius 3 is 2.57 bits per heavy atom. The van der Waals surface area contributed by atoms with Crippen molar-refractivity contribution in [2.75, 3.05) is 33.2 Å². The van der Waals surface area contributed by atoms with E-state index in [1.807, 2.05) is 19.1 Å². The van der Waals surface area contributed by atoms with E-state index in [9.17, 15) is 9.59 Å². The summed E-state index contributed by atoms with van der Waals surface area (Å²) in [6.07, 6.45) is 0. The fourth-order valence-electron chi connectivity index (χ4n) is 2.66. The highest BCUT2D eigenvalue weighted by atomic mass is 16.2. The van der Waals surface area contributed by atoms with Gasteiger partial charge in [0.1, 0.15) is 0 Å². The van der Waals surface area contributed by atoms with Crippen LogP contribution in [0.3, 0.4) is 0 Å². The summed E-state index contributed by atoms with van der Waals surface area (Å²) in [5, 5.41) is 3.41. The molecule has 0 saturated carbocycles. The zero-order valence-corrected chi connectivity index (χ0v) is 12.9. The Balaban J connectivity index is 2.15. The third-order valence-electron chi connectivity index (χ3n) is 3.94. The minimum atomic E-state index is -0.415. The van der Waals surface area contributed by atoms with Gasteiger partial charge in [-0.2, -0.15) is 0 Å². The maximum Gasteiger partial charge on any atom is 0.312 e. The first-order valence-corrected chi connectivity index (χ1v) is 7.37. The average molecular weight is 289 g/mol. The number of nitrogens with zero attached hydrogens (tertiary/aromatic N) is 2. The number of hydrogen-bond donors (Lipinski definition) is 1. The number of nitrogens with one attached hydrogen (secondary N) is 1. The van der Waals surface area contributed by atoms with Crippen LogP contribution in [-0.2, 0) is 9.59 Å². The molecule has 1 aliphatic rings. The Hall–Kier alpha value is -1.88. The fourth-order valence-corrected chi connectivity index (χ4v) is 2.66. The zero-order valence-electron chi connectivity index (χ0n) is 12.9. The second kappa shape index (κ2) is 6.72. The number of likely N-dealkylation sites (N-methyl/N-ethyl adjacent to an activating group) is 2. The Bertz CT molecular complexity index is 530. The molecule has 0 bridgehead atoms. The molecule has 21 heavy (non-hydrogen) atoms. The van der Waals surface area contributed by atoms with Crippen molar-refractivity contribution in [1.82, 2.24) is 15.1 Å². The third-order valence-corrected chi connectivity index (χ3v) is 3.94. The predicted molar refractivity (Wildman–Crippen MR) is 81.8 cm³/mol. The van der Waals surface area contributed by atoms with Gasteiger partial charge in [0.05, 0.1) is 6.04 Å². The van der Waals surface area contributed by atoms with Gasteiger partial charge in [0.25, 0.3) is 0 Å². The van der Waals surface area contributed by atoms with Gasteiger partial charge in [-0.25, -0.2) is 0 Å². The van der Waals surface area contributed by atoms with E-state index in [0.717, 1.165) is 6.54 Å². The maximum absolute atomic E-state index is 12.1. The van der Waals surface area contributed by atoms with E-state index in [-0.39, 0.29) is 6.04 Å². The van der Waals surface area contributed by atoms with Crippen molar-refractivity contribution in [3.8, 4) is 0 Å². The molecule has 0 aliphatic carbocycles. The number of rotatable bonds is 5. The van der Waals surface area contributed by atoms with Gasteiger partial charge in [-0.15, -0.1) is 0 Å². The second-order valence-corrected chi connectivity index (χ2v) is 5.44. The van der Waals surface area contributed by atoms with Gasteiger partial charge < -0.3 is 15.1 Å². The lowest BCUT2D eigenvalue weighted by atomic mass is 10.0. The van der Waals surface area contributed by atoms with Crippen LogP contribution in [0.2, 0.25) is 0 Å². The van der Waals surface area contributed by atoms with Crippen molar-refractivity contribution in [3.63, 3.8) is 0 Å². The largest absolute Gasteiger partial charge is 0.336 e. The van der Waals surface area contributed by atoms with Crippen LogP contribution in [0.4, 0.5) is 0 Å². The molecule has 1 heterocycles. The van der Waals surface area contributed by atoms with Crippen molar-refractivity contribution in [2.45, 2.75) is 19.9 Å². The SMILES string of the molecule is CCNC(CN1CCN(C)C(=O)C1=O)c1ccccc1C. The molecule has 1 atom stereocenters. The highest BCUT2D eigenvalue weighted by molar-refractivity contribution is 6.35. The van der Waals surface area contributed by atoms with Crippen LogP contribution >= 0.6 is 0 Å². The molecule has 2 amide bonds. The Labute approximate surface area is 125 Å². The molecular formula is C16H23N3O2. The highest BCUT2D eigenvalue weighted by Crippen LogP contribution is 2.19. The van der Waals surface area contributed by atoms with E-state index < -0.39 is 11.8 Å². The molecule has 0 aromatic heterocycles. The summed E-state index contributed by atoms with van der Waals surface area (Å²) >= 11 is 0. The van der Waals surface area contributed by atoms with Crippen LogP contribution in [0.5, 0.6) is 0 Å². The first kappa shape index (κ1) is 15.5. The molecule has 0 spiro atoms. The number of amides is 2. The van der Waals surface area contributed by atoms with E-state index in [0.29, 0.717) is 19.6 Å². The number of carbonyl (C=O) groups excluding carboxylic acids is 2. The van der Waals surface area contributed by atoms with Gasteiger partial charge in [-0.1, -0.05) is 31.2 Å². The smallest absolute Gasteiger partial charge is 0.312 e. The lowest BCUT2D eigenvalue weighted by molar-refractivity contribution is -0.155. The lowest BCUT2D eigenvalue weighted by Gasteiger charge is -2.34. The van der Waals surface area contributed by atoms with Gasteiger partial charge in [-0.05, 0) is 24.6 Å². The number of hydrogen-bond acceptors (Lipinski definition) is 3. The van der Waals surface area contributed by atoms with Crippen molar-refractivity contribution in [2.24, 2.45) is 0 Å². The molecule has 1 aromatic rings. The molecule has 1 unspecified atom stereocenters. The second-order valence-electron chi connectivity index (χ2n) is 5.44. The van der Waals surface area contributed by atoms with Crippen molar-refractivity contribution in [1.29, 1.82) is 0 Å². The molecule has 2 rings (SSSR count). The predicted octanol–water partition coefficient (Wildman–Crippen LogP) is 0.946. The van der Waals surface area contributed by atoms with Crippen LogP contribution < -0.4 is 5.32 Å². The average Bonchev–Trinajstić information content (AvgIpc) is 2.48. The molecule has 5 nitrogen and oxygen atoms in total. The molecular weight excluding hydrogens is 266 g/mol. The number of benzene rings is 1. The number of carbonyl (C=O) groups is 2. The van der Waals surface area contributed by atoms with Crippen molar-refractivity contribution < 1.29 is 9.59 Å². The monoisotopic (exact) mass is 289 g/mol. The molecule has 0 radical (unpaired) electrons. The first-order valence-electron chi connectivity index (χ1n) is 7.37. The van der Waals surface area contributed by atoms with Gasteiger partial charge >= 0.3 is 11.8 Å². The minimum absolute atomic E-state index is 0.0522. The summed E-state index contributed by atoms with van der Waals surface area (Å²) in [5.74, 6) is -0.818. The van der Waals surface area contributed by atoms with Gasteiger partial charge in [0, 0.05) is 26.7 Å². The summed E-state index contributed by atoms with van der Waals surface area (Å²) in [5.41, 5.74) is 2.37. The molecule has 1 fully saturated rings. The van der Waals surface area contributed by atoms with Crippen molar-refractivity contribution >= 4 is 11.8 Å². The molecule has 114 valence electrons. The number of piperazine rings is 1. The first-order chi connectivity index (χ1) is 10.0. The molecule has 1 N–H and O–H groups in total. The summed E-state index contributed by atoms with van der Waals surface area (Å²) in [4.78, 5) is 27.0. The summed E-state index contributed by atoms with van der Waals surface area (Å²) < 4.78 is 0. The summed E-state index contributed by atoms with van der Waals surface area (Å²) in [6.45, 7) is 6.64. The van der Waals surface area contributed by atoms with E-state index in [1.54, 1.807) is 11.9 Å². The summed E-state index contributed by atoms with van der Waals surface area (Å²) in [6, 6.07) is 8.20. The van der Waals surface area contributed by atoms with E-state index in [2.05, 4.69) is 24.4 Å². The molecule has 1 saturated heterocycles. The van der Waals surface area contributed by atoms with Crippen LogP contribution in [0.15, 0.2) is 24.3 Å². The normalized spacial score (nSPS) is 17.3. The van der Waals surface area contributed by atoms with E-state index >= 15 is 0 Å². The van der Waals surface area contributed by atoms with E-state index in [4.69, 9.17) is 0 Å². The van der Waals surface area contributed by atoms with Crippen LogP contribution in [0, 0.1) is 6.92 Å². The Morgan fingerprint density at radius 1 is 1.19 bits per heavy atom. The molecule has 1 aromatic carbocycles. The highest BCUT2D eigenvalue weighted by Gasteiger charge is 2.31. The maximum atomic E-state index is 12.1. The molecule has 1 aliphatic heterocycles. The summed E-state index contributed by atoms with van der Waals surface area (Å²) in [7, 11) is 1.67. The van der Waals surface area contributed by atoms with Crippen LogP contribution in [-0.4, -0.2) is 54.8 Å². The molecule has 5 heteroatoms. The Kier molecular flexibility index (Phi) is 4.96. The third kappa shape index (κ3) is 3.42. The topological polar surface area (TPSA) is 52.6 Å².